The number of hydrogen-bond acceptors (Lipinski definition) is 2. The number of aromatic nitrogens is 2. The first-order valence-corrected chi connectivity index (χ1v) is 4.38. The molecule has 0 unspecified atom stereocenters. The number of fused-ring (bicyclic) bond motifs is 1. The van der Waals surface area contributed by atoms with Gasteiger partial charge in [-0.3, -0.25) is 9.20 Å². The first kappa shape index (κ1) is 9.02. The van der Waals surface area contributed by atoms with Crippen LogP contribution in [0.1, 0.15) is 5.56 Å². The van der Waals surface area contributed by atoms with Crippen molar-refractivity contribution in [2.45, 2.75) is 6.42 Å². The Hall–Kier alpha value is -1.55. The zero-order valence-electron chi connectivity index (χ0n) is 7.14. The molecule has 0 amide bonds. The first-order valence-electron chi connectivity index (χ1n) is 4.01. The van der Waals surface area contributed by atoms with Crippen LogP contribution in [0.5, 0.6) is 0 Å². The van der Waals surface area contributed by atoms with E-state index >= 15 is 0 Å². The van der Waals surface area contributed by atoms with Crippen LogP contribution in [-0.4, -0.2) is 20.5 Å². The van der Waals surface area contributed by atoms with Gasteiger partial charge in [-0.1, -0.05) is 6.07 Å². The molecule has 0 aliphatic carbocycles. The van der Waals surface area contributed by atoms with Crippen LogP contribution in [0.4, 0.5) is 0 Å². The van der Waals surface area contributed by atoms with Crippen LogP contribution in [-0.2, 0) is 11.2 Å². The quantitative estimate of drug-likeness (QED) is 0.820. The van der Waals surface area contributed by atoms with E-state index in [2.05, 4.69) is 4.98 Å². The zero-order chi connectivity index (χ0) is 10.1. The van der Waals surface area contributed by atoms with Crippen LogP contribution >= 0.6 is 11.6 Å². The number of carbonyl (C=O) groups is 1. The summed E-state index contributed by atoms with van der Waals surface area (Å²) in [5.41, 5.74) is 1.44. The van der Waals surface area contributed by atoms with Gasteiger partial charge in [-0.2, -0.15) is 0 Å². The summed E-state index contributed by atoms with van der Waals surface area (Å²) in [6.45, 7) is 0. The van der Waals surface area contributed by atoms with Crippen LogP contribution in [0.25, 0.3) is 5.52 Å². The molecule has 2 aromatic rings. The highest BCUT2D eigenvalue weighted by Crippen LogP contribution is 2.16. The molecule has 2 aromatic heterocycles. The molecule has 0 atom stereocenters. The van der Waals surface area contributed by atoms with E-state index in [9.17, 15) is 4.79 Å². The number of hydrogen-bond donors (Lipinski definition) is 1. The van der Waals surface area contributed by atoms with E-state index in [4.69, 9.17) is 16.7 Å². The minimum atomic E-state index is -0.865. The highest BCUT2D eigenvalue weighted by atomic mass is 35.5. The van der Waals surface area contributed by atoms with E-state index < -0.39 is 5.97 Å². The van der Waals surface area contributed by atoms with Crippen molar-refractivity contribution in [2.24, 2.45) is 0 Å². The lowest BCUT2D eigenvalue weighted by Crippen LogP contribution is -2.01. The van der Waals surface area contributed by atoms with Gasteiger partial charge in [0.15, 0.2) is 0 Å². The maximum absolute atomic E-state index is 10.6. The van der Waals surface area contributed by atoms with Crippen molar-refractivity contribution in [3.63, 3.8) is 0 Å². The average molecular weight is 211 g/mol. The molecule has 0 aliphatic heterocycles. The lowest BCUT2D eigenvalue weighted by Gasteiger charge is -2.00. The second-order valence-corrected chi connectivity index (χ2v) is 3.22. The zero-order valence-corrected chi connectivity index (χ0v) is 7.90. The molecule has 0 spiro atoms. The van der Waals surface area contributed by atoms with Gasteiger partial charge in [0.05, 0.1) is 18.1 Å². The van der Waals surface area contributed by atoms with Crippen LogP contribution in [0.15, 0.2) is 24.5 Å². The Morgan fingerprint density at radius 1 is 1.64 bits per heavy atom. The molecule has 0 fully saturated rings. The van der Waals surface area contributed by atoms with Crippen LogP contribution < -0.4 is 0 Å². The summed E-state index contributed by atoms with van der Waals surface area (Å²) in [6.07, 6.45) is 3.29. The Labute approximate surface area is 84.8 Å². The van der Waals surface area contributed by atoms with Gasteiger partial charge >= 0.3 is 5.97 Å². The third-order valence-electron chi connectivity index (χ3n) is 1.95. The molecule has 0 saturated heterocycles. The highest BCUT2D eigenvalue weighted by Gasteiger charge is 2.07. The largest absolute Gasteiger partial charge is 0.481 e. The van der Waals surface area contributed by atoms with Gasteiger partial charge in [0.25, 0.3) is 0 Å². The Kier molecular flexibility index (Phi) is 2.13. The number of nitrogens with zero attached hydrogens (tertiary/aromatic N) is 2. The standard InChI is InChI=1S/C9H7ClN2O2/c10-9-11-5-7-6(4-8(13)14)2-1-3-12(7)9/h1-3,5H,4H2,(H,13,14). The summed E-state index contributed by atoms with van der Waals surface area (Å²) >= 11 is 5.79. The summed E-state index contributed by atoms with van der Waals surface area (Å²) in [7, 11) is 0. The van der Waals surface area contributed by atoms with Crippen LogP contribution in [0.3, 0.4) is 0 Å². The normalized spacial score (nSPS) is 10.6. The van der Waals surface area contributed by atoms with Crippen molar-refractivity contribution in [1.82, 2.24) is 9.38 Å². The molecule has 0 aliphatic rings. The fourth-order valence-electron chi connectivity index (χ4n) is 1.36. The fraction of sp³-hybridized carbons (Fsp3) is 0.111. The molecule has 0 saturated carbocycles. The van der Waals surface area contributed by atoms with Crippen molar-refractivity contribution in [3.05, 3.63) is 35.4 Å². The molecule has 5 heteroatoms. The molecule has 0 bridgehead atoms. The molecule has 14 heavy (non-hydrogen) atoms. The van der Waals surface area contributed by atoms with Gasteiger partial charge < -0.3 is 5.11 Å². The molecule has 72 valence electrons. The number of imidazole rings is 1. The van der Waals surface area contributed by atoms with Crippen LogP contribution in [0.2, 0.25) is 5.28 Å². The lowest BCUT2D eigenvalue weighted by molar-refractivity contribution is -0.136. The van der Waals surface area contributed by atoms with Crippen molar-refractivity contribution < 1.29 is 9.90 Å². The maximum Gasteiger partial charge on any atom is 0.307 e. The first-order chi connectivity index (χ1) is 6.68. The molecular weight excluding hydrogens is 204 g/mol. The molecule has 1 N–H and O–H groups in total. The summed E-state index contributed by atoms with van der Waals surface area (Å²) in [5, 5.41) is 9.01. The molecule has 0 aromatic carbocycles. The van der Waals surface area contributed by atoms with Crippen molar-refractivity contribution in [2.75, 3.05) is 0 Å². The van der Waals surface area contributed by atoms with Crippen LogP contribution in [0, 0.1) is 0 Å². The summed E-state index contributed by atoms with van der Waals surface area (Å²) in [6, 6.07) is 3.50. The van der Waals surface area contributed by atoms with Crippen molar-refractivity contribution >= 4 is 23.1 Å². The van der Waals surface area contributed by atoms with Gasteiger partial charge in [-0.05, 0) is 23.2 Å². The Morgan fingerprint density at radius 2 is 2.43 bits per heavy atom. The van der Waals surface area contributed by atoms with E-state index in [0.717, 1.165) is 5.52 Å². The second kappa shape index (κ2) is 3.31. The summed E-state index contributed by atoms with van der Waals surface area (Å²) in [5.74, 6) is -0.865. The van der Waals surface area contributed by atoms with Gasteiger partial charge in [0, 0.05) is 6.20 Å². The number of pyridine rings is 1. The SMILES string of the molecule is O=C(O)Cc1cccn2c(Cl)ncc12. The number of rotatable bonds is 2. The van der Waals surface area contributed by atoms with Gasteiger partial charge in [0.2, 0.25) is 5.28 Å². The Morgan fingerprint density at radius 3 is 3.14 bits per heavy atom. The Balaban J connectivity index is 2.59. The maximum atomic E-state index is 10.6. The van der Waals surface area contributed by atoms with E-state index in [1.165, 1.54) is 0 Å². The van der Waals surface area contributed by atoms with E-state index in [1.54, 1.807) is 28.9 Å². The molecule has 4 nitrogen and oxygen atoms in total. The van der Waals surface area contributed by atoms with Gasteiger partial charge in [-0.25, -0.2) is 4.98 Å². The van der Waals surface area contributed by atoms with Gasteiger partial charge in [0.1, 0.15) is 0 Å². The third-order valence-corrected chi connectivity index (χ3v) is 2.23. The average Bonchev–Trinajstić information content (AvgIpc) is 2.49. The highest BCUT2D eigenvalue weighted by molar-refractivity contribution is 6.28. The Bertz CT molecular complexity index is 493. The molecule has 2 rings (SSSR count). The van der Waals surface area contributed by atoms with Gasteiger partial charge in [-0.15, -0.1) is 0 Å². The molecular formula is C9H7ClN2O2. The van der Waals surface area contributed by atoms with Crippen molar-refractivity contribution in [3.8, 4) is 0 Å². The predicted molar refractivity (Wildman–Crippen MR) is 51.5 cm³/mol. The minimum Gasteiger partial charge on any atom is -0.481 e. The van der Waals surface area contributed by atoms with E-state index in [1.807, 2.05) is 0 Å². The second-order valence-electron chi connectivity index (χ2n) is 2.89. The van der Waals surface area contributed by atoms with Crippen molar-refractivity contribution in [1.29, 1.82) is 0 Å². The number of carboxylic acid groups (broad SMARTS) is 1. The summed E-state index contributed by atoms with van der Waals surface area (Å²) in [4.78, 5) is 14.5. The molecule has 0 radical (unpaired) electrons. The number of halogens is 1. The molecule has 2 heterocycles. The predicted octanol–water partition coefficient (Wildman–Crippen LogP) is 1.61. The number of carboxylic acids is 1. The number of aliphatic carboxylic acids is 1. The third kappa shape index (κ3) is 1.44. The topological polar surface area (TPSA) is 54.6 Å². The monoisotopic (exact) mass is 210 g/mol. The summed E-state index contributed by atoms with van der Waals surface area (Å²) < 4.78 is 1.65. The minimum absolute atomic E-state index is 0.0215. The fourth-order valence-corrected chi connectivity index (χ4v) is 1.56. The van der Waals surface area contributed by atoms with E-state index in [-0.39, 0.29) is 6.42 Å². The van der Waals surface area contributed by atoms with E-state index in [0.29, 0.717) is 10.8 Å². The smallest absolute Gasteiger partial charge is 0.307 e. The lowest BCUT2D eigenvalue weighted by atomic mass is 10.2.